The van der Waals surface area contributed by atoms with Crippen LogP contribution in [0.5, 0.6) is 0 Å². The van der Waals surface area contributed by atoms with E-state index in [0.29, 0.717) is 5.56 Å². The highest BCUT2D eigenvalue weighted by molar-refractivity contribution is 6.99. The Balaban J connectivity index is 1.69. The molecule has 196 valence electrons. The molecule has 1 heterocycles. The second-order valence-corrected chi connectivity index (χ2v) is 14.6. The van der Waals surface area contributed by atoms with Crippen LogP contribution in [-0.2, 0) is 13.9 Å². The van der Waals surface area contributed by atoms with E-state index in [0.717, 1.165) is 10.4 Å². The lowest BCUT2D eigenvalue weighted by atomic mass is 9.99. The van der Waals surface area contributed by atoms with Gasteiger partial charge in [0.15, 0.2) is 12.4 Å². The van der Waals surface area contributed by atoms with E-state index in [4.69, 9.17) is 13.9 Å². The first kappa shape index (κ1) is 27.2. The van der Waals surface area contributed by atoms with E-state index in [-0.39, 0.29) is 11.6 Å². The summed E-state index contributed by atoms with van der Waals surface area (Å²) in [6, 6.07) is 28.4. The number of benzene rings is 3. The van der Waals surface area contributed by atoms with Gasteiger partial charge in [0, 0.05) is 0 Å². The summed E-state index contributed by atoms with van der Waals surface area (Å²) in [5, 5.41) is 33.1. The number of rotatable bonds is 7. The third-order valence-corrected chi connectivity index (χ3v) is 11.8. The highest BCUT2D eigenvalue weighted by Gasteiger charge is 2.52. The van der Waals surface area contributed by atoms with E-state index in [2.05, 4.69) is 20.8 Å². The molecule has 3 aromatic carbocycles. The molecule has 0 aliphatic carbocycles. The topological polar surface area (TPSA) is 105 Å². The van der Waals surface area contributed by atoms with Gasteiger partial charge in [-0.25, -0.2) is 4.79 Å². The molecule has 0 unspecified atom stereocenters. The summed E-state index contributed by atoms with van der Waals surface area (Å²) in [5.41, 5.74) is 0.293. The van der Waals surface area contributed by atoms with Gasteiger partial charge in [-0.05, 0) is 27.5 Å². The van der Waals surface area contributed by atoms with Crippen LogP contribution >= 0.6 is 0 Å². The van der Waals surface area contributed by atoms with Crippen LogP contribution in [0.4, 0.5) is 0 Å². The van der Waals surface area contributed by atoms with Crippen molar-refractivity contribution in [3.05, 3.63) is 96.6 Å². The van der Waals surface area contributed by atoms with Crippen LogP contribution in [-0.4, -0.2) is 66.9 Å². The molecule has 0 aromatic heterocycles. The van der Waals surface area contributed by atoms with Gasteiger partial charge in [-0.1, -0.05) is 99.6 Å². The van der Waals surface area contributed by atoms with Crippen molar-refractivity contribution >= 4 is 24.7 Å². The first-order chi connectivity index (χ1) is 17.6. The number of ether oxygens (including phenoxy) is 2. The molecule has 0 radical (unpaired) electrons. The van der Waals surface area contributed by atoms with Gasteiger partial charge in [0.05, 0.1) is 12.2 Å². The van der Waals surface area contributed by atoms with Crippen molar-refractivity contribution in [1.82, 2.24) is 0 Å². The van der Waals surface area contributed by atoms with E-state index in [9.17, 15) is 20.1 Å². The summed E-state index contributed by atoms with van der Waals surface area (Å²) in [7, 11) is -2.97. The third-order valence-electron chi connectivity index (χ3n) is 6.79. The van der Waals surface area contributed by atoms with Crippen molar-refractivity contribution in [1.29, 1.82) is 0 Å². The Hall–Kier alpha value is -2.85. The standard InChI is InChI=1S/C29H34O7Si/c1-29(2,3)37(21-15-9-5-10-16-21,22-17-11-6-12-18-22)34-19-23-26(24(30)25(31)28(33)35-23)36-27(32)20-13-7-4-8-14-20/h4-18,23-26,28,30-31,33H,19H2,1-3H3/t23-,24-,25-,26-,28-/m1/s1. The first-order valence-electron chi connectivity index (χ1n) is 12.4. The lowest BCUT2D eigenvalue weighted by Crippen LogP contribution is -2.68. The molecule has 37 heavy (non-hydrogen) atoms. The number of carbonyl (C=O) groups excluding carboxylic acids is 1. The second kappa shape index (κ2) is 11.3. The quantitative estimate of drug-likeness (QED) is 0.323. The predicted octanol–water partition coefficient (Wildman–Crippen LogP) is 2.23. The van der Waals surface area contributed by atoms with Gasteiger partial charge < -0.3 is 29.2 Å². The molecule has 0 spiro atoms. The zero-order chi connectivity index (χ0) is 26.6. The average Bonchev–Trinajstić information content (AvgIpc) is 2.90. The molecule has 0 amide bonds. The molecule has 3 N–H and O–H groups in total. The minimum Gasteiger partial charge on any atom is -0.453 e. The monoisotopic (exact) mass is 522 g/mol. The van der Waals surface area contributed by atoms with E-state index >= 15 is 0 Å². The summed E-state index contributed by atoms with van der Waals surface area (Å²) in [6.07, 6.45) is -7.15. The van der Waals surface area contributed by atoms with Crippen LogP contribution in [0.1, 0.15) is 31.1 Å². The summed E-state index contributed by atoms with van der Waals surface area (Å²) in [5.74, 6) is -0.674. The number of hydrogen-bond acceptors (Lipinski definition) is 7. The van der Waals surface area contributed by atoms with Crippen LogP contribution in [0.2, 0.25) is 5.04 Å². The summed E-state index contributed by atoms with van der Waals surface area (Å²) in [6.45, 7) is 6.30. The minimum atomic E-state index is -2.97. The fourth-order valence-electron chi connectivity index (χ4n) is 4.93. The van der Waals surface area contributed by atoms with E-state index in [1.165, 1.54) is 0 Å². The fraction of sp³-hybridized carbons (Fsp3) is 0.345. The van der Waals surface area contributed by atoms with Crippen molar-refractivity contribution in [2.75, 3.05) is 6.61 Å². The molecule has 4 rings (SSSR count). The molecule has 0 bridgehead atoms. The van der Waals surface area contributed by atoms with Gasteiger partial charge >= 0.3 is 5.97 Å². The van der Waals surface area contributed by atoms with Crippen LogP contribution in [0, 0.1) is 0 Å². The molecule has 7 nitrogen and oxygen atoms in total. The van der Waals surface area contributed by atoms with E-state index < -0.39 is 45.0 Å². The number of esters is 1. The zero-order valence-electron chi connectivity index (χ0n) is 21.2. The lowest BCUT2D eigenvalue weighted by Gasteiger charge is -2.45. The van der Waals surface area contributed by atoms with Crippen molar-refractivity contribution in [2.24, 2.45) is 0 Å². The second-order valence-electron chi connectivity index (χ2n) is 10.3. The van der Waals surface area contributed by atoms with Gasteiger partial charge in [0.25, 0.3) is 8.32 Å². The Morgan fingerprint density at radius 1 is 0.811 bits per heavy atom. The fourth-order valence-corrected chi connectivity index (χ4v) is 9.50. The maximum absolute atomic E-state index is 12.8. The molecular formula is C29H34O7Si. The molecule has 1 aliphatic rings. The normalized spacial score (nSPS) is 24.4. The molecule has 1 aliphatic heterocycles. The molecule has 8 heteroatoms. The van der Waals surface area contributed by atoms with Gasteiger partial charge in [-0.2, -0.15) is 0 Å². The van der Waals surface area contributed by atoms with Crippen LogP contribution in [0.25, 0.3) is 0 Å². The van der Waals surface area contributed by atoms with Crippen molar-refractivity contribution < 1.29 is 34.0 Å². The van der Waals surface area contributed by atoms with Crippen LogP contribution in [0.15, 0.2) is 91.0 Å². The number of aliphatic hydroxyl groups excluding tert-OH is 3. The SMILES string of the molecule is CC(C)(C)[Si](OC[C@H]1O[C@@H](O)[C@H](O)[C@@H](O)[C@@H]1OC(=O)c1ccccc1)(c1ccccc1)c1ccccc1. The largest absolute Gasteiger partial charge is 0.453 e. The Morgan fingerprint density at radius 2 is 1.30 bits per heavy atom. The van der Waals surface area contributed by atoms with Crippen LogP contribution in [0.3, 0.4) is 0 Å². The van der Waals surface area contributed by atoms with Crippen molar-refractivity contribution in [3.8, 4) is 0 Å². The Morgan fingerprint density at radius 3 is 1.78 bits per heavy atom. The molecule has 0 saturated carbocycles. The molecule has 1 saturated heterocycles. The predicted molar refractivity (Wildman–Crippen MR) is 142 cm³/mol. The van der Waals surface area contributed by atoms with E-state index in [1.54, 1.807) is 30.3 Å². The highest BCUT2D eigenvalue weighted by Crippen LogP contribution is 2.37. The molecular weight excluding hydrogens is 488 g/mol. The van der Waals surface area contributed by atoms with Crippen molar-refractivity contribution in [2.45, 2.75) is 56.5 Å². The summed E-state index contributed by atoms with van der Waals surface area (Å²) >= 11 is 0. The maximum Gasteiger partial charge on any atom is 0.338 e. The smallest absolute Gasteiger partial charge is 0.338 e. The van der Waals surface area contributed by atoms with Gasteiger partial charge in [0.2, 0.25) is 0 Å². The third kappa shape index (κ3) is 5.55. The Labute approximate surface area is 218 Å². The molecule has 5 atom stereocenters. The molecule has 3 aromatic rings. The van der Waals surface area contributed by atoms with Gasteiger partial charge in [-0.15, -0.1) is 0 Å². The minimum absolute atomic E-state index is 0.0825. The van der Waals surface area contributed by atoms with Gasteiger partial charge in [-0.3, -0.25) is 0 Å². The van der Waals surface area contributed by atoms with Crippen molar-refractivity contribution in [3.63, 3.8) is 0 Å². The summed E-state index contributed by atoms with van der Waals surface area (Å²) < 4.78 is 18.2. The molecule has 1 fully saturated rings. The lowest BCUT2D eigenvalue weighted by molar-refractivity contribution is -0.285. The van der Waals surface area contributed by atoms with E-state index in [1.807, 2.05) is 60.7 Å². The average molecular weight is 523 g/mol. The highest BCUT2D eigenvalue weighted by atomic mass is 28.4. The number of hydrogen-bond donors (Lipinski definition) is 3. The zero-order valence-corrected chi connectivity index (χ0v) is 22.2. The Kier molecular flexibility index (Phi) is 8.28. The van der Waals surface area contributed by atoms with Crippen LogP contribution < -0.4 is 10.4 Å². The summed E-state index contributed by atoms with van der Waals surface area (Å²) in [4.78, 5) is 12.8. The number of carbonyl (C=O) groups is 1. The number of aliphatic hydroxyl groups is 3. The Bertz CT molecular complexity index is 1110. The van der Waals surface area contributed by atoms with Gasteiger partial charge in [0.1, 0.15) is 18.3 Å². The first-order valence-corrected chi connectivity index (χ1v) is 14.3. The maximum atomic E-state index is 12.8.